The molecule has 4 nitrogen and oxygen atoms in total. The fourth-order valence-corrected chi connectivity index (χ4v) is 2.30. The van der Waals surface area contributed by atoms with E-state index in [1.807, 2.05) is 11.8 Å². The van der Waals surface area contributed by atoms with Gasteiger partial charge < -0.3 is 15.3 Å². The van der Waals surface area contributed by atoms with Crippen LogP contribution in [0.3, 0.4) is 0 Å². The van der Waals surface area contributed by atoms with Crippen molar-refractivity contribution in [1.29, 1.82) is 0 Å². The first-order valence-electron chi connectivity index (χ1n) is 6.02. The number of likely N-dealkylation sites (tertiary alicyclic amines) is 1. The van der Waals surface area contributed by atoms with Crippen LogP contribution in [-0.2, 0) is 4.79 Å². The highest BCUT2D eigenvalue weighted by Crippen LogP contribution is 2.19. The van der Waals surface area contributed by atoms with E-state index in [1.54, 1.807) is 0 Å². The molecule has 1 atom stereocenters. The summed E-state index contributed by atoms with van der Waals surface area (Å²) < 4.78 is 0. The van der Waals surface area contributed by atoms with Crippen LogP contribution in [0.1, 0.15) is 19.8 Å². The highest BCUT2D eigenvalue weighted by Gasteiger charge is 2.26. The van der Waals surface area contributed by atoms with Gasteiger partial charge in [0.2, 0.25) is 5.91 Å². The van der Waals surface area contributed by atoms with E-state index in [1.165, 1.54) is 5.57 Å². The summed E-state index contributed by atoms with van der Waals surface area (Å²) in [5.74, 6) is 0.435. The van der Waals surface area contributed by atoms with Gasteiger partial charge in [-0.15, -0.1) is 0 Å². The number of hydrogen-bond acceptors (Lipinski definition) is 3. The highest BCUT2D eigenvalue weighted by molar-refractivity contribution is 5.94. The monoisotopic (exact) mass is 224 g/mol. The van der Waals surface area contributed by atoms with Crippen molar-refractivity contribution in [3.63, 3.8) is 0 Å². The maximum absolute atomic E-state index is 12.2. The molecule has 16 heavy (non-hydrogen) atoms. The number of nitrogens with zero attached hydrogens (tertiary/aromatic N) is 1. The zero-order chi connectivity index (χ0) is 11.5. The highest BCUT2D eigenvalue weighted by atomic mass is 16.3. The molecule has 4 heteroatoms. The standard InChI is InChI=1S/C12H20N2O2/c1-9(11-5-13-6-11)12(16)14-4-2-3-10(7-14)8-15/h10,13,15H,2-8H2,1H3. The Kier molecular flexibility index (Phi) is 3.61. The van der Waals surface area contributed by atoms with Crippen molar-refractivity contribution in [2.45, 2.75) is 19.8 Å². The fraction of sp³-hybridized carbons (Fsp3) is 0.750. The Morgan fingerprint density at radius 2 is 2.31 bits per heavy atom. The first kappa shape index (κ1) is 11.6. The normalized spacial score (nSPS) is 25.2. The molecule has 2 aliphatic rings. The van der Waals surface area contributed by atoms with Gasteiger partial charge >= 0.3 is 0 Å². The van der Waals surface area contributed by atoms with Gasteiger partial charge in [0.1, 0.15) is 0 Å². The van der Waals surface area contributed by atoms with Crippen LogP contribution in [0.25, 0.3) is 0 Å². The molecule has 1 amide bonds. The largest absolute Gasteiger partial charge is 0.396 e. The van der Waals surface area contributed by atoms with Crippen molar-refractivity contribution in [3.05, 3.63) is 11.1 Å². The van der Waals surface area contributed by atoms with Gasteiger partial charge in [-0.2, -0.15) is 0 Å². The van der Waals surface area contributed by atoms with Crippen LogP contribution in [0.15, 0.2) is 11.1 Å². The molecule has 0 aliphatic carbocycles. The predicted molar refractivity (Wildman–Crippen MR) is 62.0 cm³/mol. The Bertz CT molecular complexity index is 306. The zero-order valence-electron chi connectivity index (χ0n) is 9.83. The fourth-order valence-electron chi connectivity index (χ4n) is 2.30. The SMILES string of the molecule is CC(C(=O)N1CCCC(CO)C1)=C1CNC1. The molecular formula is C12H20N2O2. The lowest BCUT2D eigenvalue weighted by Crippen LogP contribution is -2.43. The van der Waals surface area contributed by atoms with E-state index in [2.05, 4.69) is 5.32 Å². The zero-order valence-corrected chi connectivity index (χ0v) is 9.83. The van der Waals surface area contributed by atoms with Crippen LogP contribution >= 0.6 is 0 Å². The first-order valence-corrected chi connectivity index (χ1v) is 6.02. The van der Waals surface area contributed by atoms with E-state index in [0.29, 0.717) is 6.54 Å². The molecule has 2 aliphatic heterocycles. The third kappa shape index (κ3) is 2.28. The molecule has 2 saturated heterocycles. The van der Waals surface area contributed by atoms with Crippen LogP contribution in [-0.4, -0.2) is 48.7 Å². The third-order valence-corrected chi connectivity index (χ3v) is 3.59. The number of amides is 1. The summed E-state index contributed by atoms with van der Waals surface area (Å²) in [6.07, 6.45) is 2.05. The molecule has 2 heterocycles. The number of hydrogen-bond donors (Lipinski definition) is 2. The summed E-state index contributed by atoms with van der Waals surface area (Å²) in [6.45, 7) is 5.38. The summed E-state index contributed by atoms with van der Waals surface area (Å²) in [5.41, 5.74) is 2.13. The number of carbonyl (C=O) groups excluding carboxylic acids is 1. The number of aliphatic hydroxyl groups excluding tert-OH is 1. The van der Waals surface area contributed by atoms with E-state index >= 15 is 0 Å². The Labute approximate surface area is 96.3 Å². The van der Waals surface area contributed by atoms with E-state index in [-0.39, 0.29) is 18.4 Å². The number of piperidine rings is 1. The molecule has 0 radical (unpaired) electrons. The van der Waals surface area contributed by atoms with Crippen LogP contribution in [0.2, 0.25) is 0 Å². The molecule has 2 rings (SSSR count). The van der Waals surface area contributed by atoms with Gasteiger partial charge in [-0.3, -0.25) is 4.79 Å². The molecular weight excluding hydrogens is 204 g/mol. The Balaban J connectivity index is 1.98. The van der Waals surface area contributed by atoms with Crippen molar-refractivity contribution in [2.24, 2.45) is 5.92 Å². The number of aliphatic hydroxyl groups is 1. The molecule has 0 bridgehead atoms. The van der Waals surface area contributed by atoms with Gasteiger partial charge in [-0.05, 0) is 31.3 Å². The molecule has 2 fully saturated rings. The Morgan fingerprint density at radius 1 is 1.56 bits per heavy atom. The second-order valence-corrected chi connectivity index (χ2v) is 4.77. The van der Waals surface area contributed by atoms with E-state index < -0.39 is 0 Å². The van der Waals surface area contributed by atoms with E-state index in [0.717, 1.165) is 38.0 Å². The van der Waals surface area contributed by atoms with E-state index in [9.17, 15) is 4.79 Å². The van der Waals surface area contributed by atoms with Gasteiger partial charge in [0.05, 0.1) is 0 Å². The quantitative estimate of drug-likeness (QED) is 0.656. The topological polar surface area (TPSA) is 52.6 Å². The maximum atomic E-state index is 12.2. The predicted octanol–water partition coefficient (Wildman–Crippen LogP) is 0.137. The molecule has 0 aromatic carbocycles. The lowest BCUT2D eigenvalue weighted by Gasteiger charge is -2.33. The third-order valence-electron chi connectivity index (χ3n) is 3.59. The lowest BCUT2D eigenvalue weighted by atomic mass is 9.97. The van der Waals surface area contributed by atoms with Gasteiger partial charge in [0, 0.05) is 38.4 Å². The average Bonchev–Trinajstić information content (AvgIpc) is 2.25. The second kappa shape index (κ2) is 4.97. The van der Waals surface area contributed by atoms with Gasteiger partial charge in [0.25, 0.3) is 0 Å². The van der Waals surface area contributed by atoms with Gasteiger partial charge in [-0.1, -0.05) is 0 Å². The summed E-state index contributed by atoms with van der Waals surface area (Å²) >= 11 is 0. The molecule has 1 unspecified atom stereocenters. The second-order valence-electron chi connectivity index (χ2n) is 4.77. The van der Waals surface area contributed by atoms with Gasteiger partial charge in [0.15, 0.2) is 0 Å². The molecule has 2 N–H and O–H groups in total. The number of rotatable bonds is 2. The summed E-state index contributed by atoms with van der Waals surface area (Å²) in [5, 5.41) is 12.3. The molecule has 0 saturated carbocycles. The van der Waals surface area contributed by atoms with E-state index in [4.69, 9.17) is 5.11 Å². The van der Waals surface area contributed by atoms with Crippen LogP contribution in [0.5, 0.6) is 0 Å². The Hall–Kier alpha value is -0.870. The van der Waals surface area contributed by atoms with Crippen molar-refractivity contribution >= 4 is 5.91 Å². The van der Waals surface area contributed by atoms with Crippen molar-refractivity contribution < 1.29 is 9.90 Å². The lowest BCUT2D eigenvalue weighted by molar-refractivity contribution is -0.129. The average molecular weight is 224 g/mol. The summed E-state index contributed by atoms with van der Waals surface area (Å²) in [6, 6.07) is 0. The molecule has 90 valence electrons. The maximum Gasteiger partial charge on any atom is 0.249 e. The smallest absolute Gasteiger partial charge is 0.249 e. The van der Waals surface area contributed by atoms with Gasteiger partial charge in [-0.25, -0.2) is 0 Å². The molecule has 0 aromatic rings. The van der Waals surface area contributed by atoms with Crippen molar-refractivity contribution in [2.75, 3.05) is 32.8 Å². The minimum absolute atomic E-state index is 0.162. The molecule has 0 spiro atoms. The van der Waals surface area contributed by atoms with Crippen molar-refractivity contribution in [3.8, 4) is 0 Å². The number of nitrogens with one attached hydrogen (secondary N) is 1. The molecule has 0 aromatic heterocycles. The summed E-state index contributed by atoms with van der Waals surface area (Å²) in [7, 11) is 0. The van der Waals surface area contributed by atoms with Crippen molar-refractivity contribution in [1.82, 2.24) is 10.2 Å². The van der Waals surface area contributed by atoms with Crippen LogP contribution in [0, 0.1) is 5.92 Å². The first-order chi connectivity index (χ1) is 7.72. The van der Waals surface area contributed by atoms with Crippen LogP contribution in [0.4, 0.5) is 0 Å². The van der Waals surface area contributed by atoms with Crippen LogP contribution < -0.4 is 5.32 Å². The summed E-state index contributed by atoms with van der Waals surface area (Å²) in [4.78, 5) is 14.0. The minimum atomic E-state index is 0.162. The Morgan fingerprint density at radius 3 is 2.88 bits per heavy atom. The number of carbonyl (C=O) groups is 1. The minimum Gasteiger partial charge on any atom is -0.396 e.